The number of rotatable bonds is 15. The van der Waals surface area contributed by atoms with Crippen molar-refractivity contribution in [3.8, 4) is 0 Å². The maximum absolute atomic E-state index is 13.1. The van der Waals surface area contributed by atoms with E-state index in [0.717, 1.165) is 16.7 Å². The molecule has 1 N–H and O–H groups in total. The highest BCUT2D eigenvalue weighted by atomic mass is 35.5. The van der Waals surface area contributed by atoms with E-state index in [0.29, 0.717) is 0 Å². The number of hydrogen-bond acceptors (Lipinski definition) is 8. The first-order valence-electron chi connectivity index (χ1n) is 13.1. The molecule has 1 unspecified atom stereocenters. The second kappa shape index (κ2) is 16.7. The standard InChI is InChI=1S/C31H34ClNO7S/c1-23(32)40-30(36)39-21-19-37-18-20-38-29(35)28(33-24(2)34)22-41-31(25-12-6-3-7-13-25,26-14-8-4-9-15-26)27-16-10-5-11-17-27/h3-17,23,28H,18-22H2,1-2H3,(H,33,34)/t23?,28-/m0/s1. The minimum Gasteiger partial charge on any atom is -0.462 e. The van der Waals surface area contributed by atoms with Gasteiger partial charge in [-0.25, -0.2) is 9.59 Å². The van der Waals surface area contributed by atoms with Crippen LogP contribution in [0.5, 0.6) is 0 Å². The lowest BCUT2D eigenvalue weighted by Gasteiger charge is -2.36. The van der Waals surface area contributed by atoms with Gasteiger partial charge in [-0.15, -0.1) is 11.8 Å². The zero-order valence-corrected chi connectivity index (χ0v) is 24.6. The van der Waals surface area contributed by atoms with Crippen LogP contribution in [0.3, 0.4) is 0 Å². The van der Waals surface area contributed by atoms with Crippen molar-refractivity contribution < 1.29 is 33.3 Å². The molecule has 0 radical (unpaired) electrons. The molecular weight excluding hydrogens is 566 g/mol. The Kier molecular flexibility index (Phi) is 13.0. The number of halogens is 1. The van der Waals surface area contributed by atoms with Gasteiger partial charge < -0.3 is 24.3 Å². The first kappa shape index (κ1) is 32.0. The zero-order chi connectivity index (χ0) is 29.5. The van der Waals surface area contributed by atoms with Crippen LogP contribution in [0.25, 0.3) is 0 Å². The molecule has 0 aliphatic carbocycles. The molecule has 8 nitrogen and oxygen atoms in total. The van der Waals surface area contributed by atoms with E-state index in [1.807, 2.05) is 54.6 Å². The summed E-state index contributed by atoms with van der Waals surface area (Å²) >= 11 is 7.10. The average molecular weight is 600 g/mol. The fourth-order valence-electron chi connectivity index (χ4n) is 4.15. The van der Waals surface area contributed by atoms with E-state index in [-0.39, 0.29) is 38.1 Å². The van der Waals surface area contributed by atoms with Crippen LogP contribution in [0.4, 0.5) is 4.79 Å². The highest BCUT2D eigenvalue weighted by Gasteiger charge is 2.38. The molecule has 10 heteroatoms. The van der Waals surface area contributed by atoms with Gasteiger partial charge in [-0.3, -0.25) is 4.79 Å². The van der Waals surface area contributed by atoms with Crippen molar-refractivity contribution >= 4 is 41.4 Å². The summed E-state index contributed by atoms with van der Waals surface area (Å²) < 4.78 is 19.6. The fourth-order valence-corrected chi connectivity index (χ4v) is 5.76. The molecule has 1 amide bonds. The number of amides is 1. The summed E-state index contributed by atoms with van der Waals surface area (Å²) in [6.45, 7) is 2.94. The van der Waals surface area contributed by atoms with Crippen molar-refractivity contribution in [2.24, 2.45) is 0 Å². The number of alkyl halides is 1. The van der Waals surface area contributed by atoms with E-state index < -0.39 is 28.5 Å². The van der Waals surface area contributed by atoms with E-state index in [2.05, 4.69) is 46.5 Å². The molecule has 0 aliphatic rings. The molecule has 2 atom stereocenters. The Hall–Kier alpha value is -3.53. The predicted molar refractivity (Wildman–Crippen MR) is 159 cm³/mol. The van der Waals surface area contributed by atoms with Crippen molar-refractivity contribution in [2.75, 3.05) is 32.2 Å². The fraction of sp³-hybridized carbons (Fsp3) is 0.323. The van der Waals surface area contributed by atoms with E-state index >= 15 is 0 Å². The van der Waals surface area contributed by atoms with Crippen LogP contribution in [0.1, 0.15) is 30.5 Å². The molecule has 0 heterocycles. The van der Waals surface area contributed by atoms with E-state index in [1.165, 1.54) is 13.8 Å². The molecule has 3 aromatic carbocycles. The molecule has 3 rings (SSSR count). The summed E-state index contributed by atoms with van der Waals surface area (Å²) in [5.74, 6) is -0.675. The van der Waals surface area contributed by atoms with Crippen LogP contribution in [0.2, 0.25) is 0 Å². The second-order valence-electron chi connectivity index (χ2n) is 8.88. The topological polar surface area (TPSA) is 100 Å². The van der Waals surface area contributed by atoms with Gasteiger partial charge in [0.1, 0.15) is 19.3 Å². The highest BCUT2D eigenvalue weighted by Crippen LogP contribution is 2.48. The zero-order valence-electron chi connectivity index (χ0n) is 23.0. The number of benzene rings is 3. The third-order valence-corrected chi connectivity index (χ3v) is 7.58. The third kappa shape index (κ3) is 9.81. The third-order valence-electron chi connectivity index (χ3n) is 5.85. The largest absolute Gasteiger partial charge is 0.509 e. The minimum atomic E-state index is -0.899. The number of carbonyl (C=O) groups is 3. The summed E-state index contributed by atoms with van der Waals surface area (Å²) in [5, 5.41) is 2.74. The van der Waals surface area contributed by atoms with Gasteiger partial charge >= 0.3 is 12.1 Å². The maximum Gasteiger partial charge on any atom is 0.509 e. The van der Waals surface area contributed by atoms with Crippen LogP contribution in [-0.2, 0) is 33.3 Å². The molecule has 0 spiro atoms. The van der Waals surface area contributed by atoms with Gasteiger partial charge in [0, 0.05) is 12.7 Å². The van der Waals surface area contributed by atoms with E-state index in [9.17, 15) is 14.4 Å². The van der Waals surface area contributed by atoms with Crippen LogP contribution in [-0.4, -0.2) is 61.8 Å². The van der Waals surface area contributed by atoms with Crippen molar-refractivity contribution in [3.63, 3.8) is 0 Å². The molecule has 0 bridgehead atoms. The molecule has 0 fully saturated rings. The van der Waals surface area contributed by atoms with Crippen molar-refractivity contribution in [2.45, 2.75) is 30.2 Å². The van der Waals surface area contributed by atoms with E-state index in [4.69, 9.17) is 25.8 Å². The van der Waals surface area contributed by atoms with Crippen LogP contribution in [0.15, 0.2) is 91.0 Å². The van der Waals surface area contributed by atoms with Crippen molar-refractivity contribution in [3.05, 3.63) is 108 Å². The Bertz CT molecular complexity index is 1130. The van der Waals surface area contributed by atoms with Crippen molar-refractivity contribution in [1.29, 1.82) is 0 Å². The van der Waals surface area contributed by atoms with Gasteiger partial charge in [0.2, 0.25) is 5.91 Å². The van der Waals surface area contributed by atoms with E-state index in [1.54, 1.807) is 11.8 Å². The highest BCUT2D eigenvalue weighted by molar-refractivity contribution is 8.00. The number of carbonyl (C=O) groups excluding carboxylic acids is 3. The summed E-state index contributed by atoms with van der Waals surface area (Å²) in [7, 11) is 0. The Morgan fingerprint density at radius 2 is 1.24 bits per heavy atom. The maximum atomic E-state index is 13.1. The second-order valence-corrected chi connectivity index (χ2v) is 10.7. The molecule has 0 aliphatic heterocycles. The Morgan fingerprint density at radius 3 is 1.68 bits per heavy atom. The lowest BCUT2D eigenvalue weighted by molar-refractivity contribution is -0.148. The molecule has 218 valence electrons. The number of esters is 1. The smallest absolute Gasteiger partial charge is 0.462 e. The Labute approximate surface area is 249 Å². The first-order valence-corrected chi connectivity index (χ1v) is 14.5. The molecule has 3 aromatic rings. The number of thioether (sulfide) groups is 1. The summed E-state index contributed by atoms with van der Waals surface area (Å²) in [4.78, 5) is 36.4. The molecular formula is C31H34ClNO7S. The van der Waals surface area contributed by atoms with Gasteiger partial charge in [0.15, 0.2) is 5.56 Å². The van der Waals surface area contributed by atoms with Gasteiger partial charge in [0.05, 0.1) is 18.0 Å². The van der Waals surface area contributed by atoms with Gasteiger partial charge in [-0.05, 0) is 23.6 Å². The lowest BCUT2D eigenvalue weighted by atomic mass is 9.84. The van der Waals surface area contributed by atoms with Gasteiger partial charge in [0.25, 0.3) is 0 Å². The van der Waals surface area contributed by atoms with Gasteiger partial charge in [-0.2, -0.15) is 0 Å². The number of ether oxygens (including phenoxy) is 4. The number of nitrogens with one attached hydrogen (secondary N) is 1. The summed E-state index contributed by atoms with van der Waals surface area (Å²) in [5.41, 5.74) is 2.32. The Balaban J connectivity index is 1.70. The van der Waals surface area contributed by atoms with Gasteiger partial charge in [-0.1, -0.05) is 103 Å². The average Bonchev–Trinajstić information content (AvgIpc) is 2.97. The van der Waals surface area contributed by atoms with Crippen molar-refractivity contribution in [1.82, 2.24) is 5.32 Å². The molecule has 41 heavy (non-hydrogen) atoms. The Morgan fingerprint density at radius 1 is 0.780 bits per heavy atom. The first-order chi connectivity index (χ1) is 19.8. The molecule has 0 saturated heterocycles. The molecule has 0 saturated carbocycles. The number of hydrogen-bond donors (Lipinski definition) is 1. The van der Waals surface area contributed by atoms with Crippen LogP contribution >= 0.6 is 23.4 Å². The predicted octanol–water partition coefficient (Wildman–Crippen LogP) is 5.51. The lowest BCUT2D eigenvalue weighted by Crippen LogP contribution is -2.44. The molecule has 0 aromatic heterocycles. The van der Waals surface area contributed by atoms with Crippen LogP contribution in [0, 0.1) is 0 Å². The normalized spacial score (nSPS) is 12.6. The quantitative estimate of drug-likeness (QED) is 0.106. The SMILES string of the molecule is CC(=O)N[C@@H](CSC(c1ccccc1)(c1ccccc1)c1ccccc1)C(=O)OCCOCCOC(=O)OC(C)Cl. The monoisotopic (exact) mass is 599 g/mol. The van der Waals surface area contributed by atoms with Crippen LogP contribution < -0.4 is 5.32 Å². The summed E-state index contributed by atoms with van der Waals surface area (Å²) in [6.07, 6.45) is -0.893. The minimum absolute atomic E-state index is 0.0378. The summed E-state index contributed by atoms with van der Waals surface area (Å²) in [6, 6.07) is 29.3.